The van der Waals surface area contributed by atoms with E-state index in [2.05, 4.69) is 15.8 Å². The van der Waals surface area contributed by atoms with E-state index in [-0.39, 0.29) is 22.2 Å². The standard InChI is InChI=1S/C16H11Cl2F3N4O3S/c1-7(28-10-4-3-8(17)5-9(10)18)12(25-27-2)14(26)24-15-23-13(16(19,20)21)11(6-22)29-15/h3-5,25H,1-2H3,(H,23,24,26). The molecule has 0 spiro atoms. The first-order valence-electron chi connectivity index (χ1n) is 7.49. The molecule has 29 heavy (non-hydrogen) atoms. The smallest absolute Gasteiger partial charge is 0.435 e. The number of ether oxygens (including phenoxy) is 1. The number of nitrogens with zero attached hydrogens (tertiary/aromatic N) is 2. The number of carbonyl (C=O) groups excluding carboxylic acids is 1. The Balaban J connectivity index is 2.30. The lowest BCUT2D eigenvalue weighted by molar-refractivity contribution is -0.140. The quantitative estimate of drug-likeness (QED) is 0.362. The van der Waals surface area contributed by atoms with Crippen molar-refractivity contribution in [1.29, 1.82) is 5.26 Å². The molecule has 13 heteroatoms. The van der Waals surface area contributed by atoms with Gasteiger partial charge in [-0.3, -0.25) is 20.4 Å². The zero-order chi connectivity index (χ0) is 21.8. The van der Waals surface area contributed by atoms with Gasteiger partial charge in [0, 0.05) is 5.02 Å². The third kappa shape index (κ3) is 5.74. The van der Waals surface area contributed by atoms with Gasteiger partial charge >= 0.3 is 6.18 Å². The predicted molar refractivity (Wildman–Crippen MR) is 100 cm³/mol. The van der Waals surface area contributed by atoms with Crippen LogP contribution in [0.5, 0.6) is 5.75 Å². The monoisotopic (exact) mass is 466 g/mol. The molecule has 0 aliphatic carbocycles. The molecule has 2 aromatic rings. The van der Waals surface area contributed by atoms with Crippen LogP contribution in [0.25, 0.3) is 0 Å². The summed E-state index contributed by atoms with van der Waals surface area (Å²) in [5, 5.41) is 11.1. The minimum atomic E-state index is -4.83. The number of nitriles is 1. The van der Waals surface area contributed by atoms with Crippen LogP contribution in [-0.2, 0) is 15.8 Å². The minimum Gasteiger partial charge on any atom is -0.458 e. The van der Waals surface area contributed by atoms with Gasteiger partial charge in [-0.2, -0.15) is 18.4 Å². The van der Waals surface area contributed by atoms with Crippen molar-refractivity contribution in [2.24, 2.45) is 0 Å². The van der Waals surface area contributed by atoms with Crippen LogP contribution >= 0.6 is 34.5 Å². The lowest BCUT2D eigenvalue weighted by atomic mass is 10.3. The number of nitrogens with one attached hydrogen (secondary N) is 2. The lowest BCUT2D eigenvalue weighted by Crippen LogP contribution is -2.27. The third-order valence-electron chi connectivity index (χ3n) is 3.16. The van der Waals surface area contributed by atoms with Crippen LogP contribution < -0.4 is 15.5 Å². The van der Waals surface area contributed by atoms with Crippen molar-refractivity contribution in [3.8, 4) is 11.8 Å². The number of halogens is 5. The molecule has 0 saturated heterocycles. The molecule has 154 valence electrons. The average Bonchev–Trinajstić information content (AvgIpc) is 3.05. The second-order valence-electron chi connectivity index (χ2n) is 5.17. The Hall–Kier alpha value is -2.52. The maximum Gasteiger partial charge on any atom is 0.435 e. The van der Waals surface area contributed by atoms with Crippen LogP contribution in [0.4, 0.5) is 18.3 Å². The molecule has 0 radical (unpaired) electrons. The van der Waals surface area contributed by atoms with Gasteiger partial charge in [0.2, 0.25) is 0 Å². The second-order valence-corrected chi connectivity index (χ2v) is 7.02. The van der Waals surface area contributed by atoms with Crippen molar-refractivity contribution in [2.45, 2.75) is 13.1 Å². The van der Waals surface area contributed by atoms with E-state index in [1.807, 2.05) is 0 Å². The number of alkyl halides is 3. The highest BCUT2D eigenvalue weighted by atomic mass is 35.5. The summed E-state index contributed by atoms with van der Waals surface area (Å²) in [6, 6.07) is 5.80. The van der Waals surface area contributed by atoms with Crippen LogP contribution in [0.15, 0.2) is 29.7 Å². The van der Waals surface area contributed by atoms with Crippen molar-refractivity contribution >= 4 is 45.6 Å². The number of thiazole rings is 1. The summed E-state index contributed by atoms with van der Waals surface area (Å²) in [4.78, 5) is 19.8. The first-order chi connectivity index (χ1) is 13.6. The Morgan fingerprint density at radius 1 is 1.34 bits per heavy atom. The van der Waals surface area contributed by atoms with Gasteiger partial charge in [-0.1, -0.05) is 34.5 Å². The summed E-state index contributed by atoms with van der Waals surface area (Å²) in [5.41, 5.74) is 0.636. The van der Waals surface area contributed by atoms with Crippen molar-refractivity contribution in [1.82, 2.24) is 10.5 Å². The van der Waals surface area contributed by atoms with E-state index >= 15 is 0 Å². The topological polar surface area (TPSA) is 96.3 Å². The molecule has 0 saturated carbocycles. The molecular formula is C16H11Cl2F3N4O3S. The molecule has 0 fully saturated rings. The fourth-order valence-electron chi connectivity index (χ4n) is 1.96. The van der Waals surface area contributed by atoms with Gasteiger partial charge in [0.15, 0.2) is 16.5 Å². The number of aromatic nitrogens is 1. The summed E-state index contributed by atoms with van der Waals surface area (Å²) in [7, 11) is 1.22. The molecule has 1 aromatic carbocycles. The zero-order valence-electron chi connectivity index (χ0n) is 14.6. The zero-order valence-corrected chi connectivity index (χ0v) is 17.0. The summed E-state index contributed by atoms with van der Waals surface area (Å²) < 4.78 is 44.2. The lowest BCUT2D eigenvalue weighted by Gasteiger charge is -2.14. The summed E-state index contributed by atoms with van der Waals surface area (Å²) in [5.74, 6) is -0.750. The Morgan fingerprint density at radius 2 is 2.03 bits per heavy atom. The molecule has 1 heterocycles. The van der Waals surface area contributed by atoms with E-state index in [0.717, 1.165) is 0 Å². The number of benzene rings is 1. The Bertz CT molecular complexity index is 1000. The van der Waals surface area contributed by atoms with E-state index in [9.17, 15) is 18.0 Å². The largest absolute Gasteiger partial charge is 0.458 e. The number of carbonyl (C=O) groups is 1. The van der Waals surface area contributed by atoms with Crippen molar-refractivity contribution in [3.63, 3.8) is 0 Å². The highest BCUT2D eigenvalue weighted by Gasteiger charge is 2.38. The number of allylic oxidation sites excluding steroid dienone is 1. The Labute approximate surface area is 176 Å². The fraction of sp³-hybridized carbons (Fsp3) is 0.188. The highest BCUT2D eigenvalue weighted by Crippen LogP contribution is 2.36. The highest BCUT2D eigenvalue weighted by molar-refractivity contribution is 7.16. The molecule has 2 rings (SSSR count). The van der Waals surface area contributed by atoms with Crippen LogP contribution in [-0.4, -0.2) is 18.0 Å². The molecule has 7 nitrogen and oxygen atoms in total. The van der Waals surface area contributed by atoms with Gasteiger partial charge in [-0.05, 0) is 25.1 Å². The van der Waals surface area contributed by atoms with Crippen LogP contribution in [0.2, 0.25) is 10.0 Å². The minimum absolute atomic E-state index is 0.0123. The van der Waals surface area contributed by atoms with Crippen molar-refractivity contribution in [2.75, 3.05) is 12.4 Å². The fourth-order valence-corrected chi connectivity index (χ4v) is 3.18. The van der Waals surface area contributed by atoms with E-state index in [0.29, 0.717) is 16.4 Å². The molecule has 0 aliphatic rings. The number of amides is 1. The van der Waals surface area contributed by atoms with Crippen LogP contribution in [0.3, 0.4) is 0 Å². The normalized spacial score (nSPS) is 12.1. The number of hydrogen-bond donors (Lipinski definition) is 2. The first kappa shape index (κ1) is 22.8. The van der Waals surface area contributed by atoms with Gasteiger partial charge in [0.25, 0.3) is 5.91 Å². The molecule has 0 aliphatic heterocycles. The SMILES string of the molecule is CONC(C(=O)Nc1nc(C(F)(F)F)c(C#N)s1)=C(C)Oc1ccc(Cl)cc1Cl. The maximum atomic E-state index is 12.9. The molecule has 0 bridgehead atoms. The number of hydrogen-bond acceptors (Lipinski definition) is 7. The number of hydroxylamine groups is 1. The van der Waals surface area contributed by atoms with E-state index in [1.165, 1.54) is 38.3 Å². The molecule has 0 unspecified atom stereocenters. The predicted octanol–water partition coefficient (Wildman–Crippen LogP) is 4.74. The molecule has 1 aromatic heterocycles. The van der Waals surface area contributed by atoms with Crippen molar-refractivity contribution < 1.29 is 27.5 Å². The van der Waals surface area contributed by atoms with E-state index in [1.54, 1.807) is 0 Å². The second kappa shape index (κ2) is 9.32. The Kier molecular flexibility index (Phi) is 7.32. The summed E-state index contributed by atoms with van der Waals surface area (Å²) >= 11 is 12.2. The molecule has 0 atom stereocenters. The summed E-state index contributed by atoms with van der Waals surface area (Å²) in [6.07, 6.45) is -4.83. The van der Waals surface area contributed by atoms with Gasteiger partial charge in [0.1, 0.15) is 22.5 Å². The van der Waals surface area contributed by atoms with Gasteiger partial charge < -0.3 is 4.74 Å². The van der Waals surface area contributed by atoms with Crippen LogP contribution in [0.1, 0.15) is 17.5 Å². The average molecular weight is 467 g/mol. The Morgan fingerprint density at radius 3 is 2.55 bits per heavy atom. The first-order valence-corrected chi connectivity index (χ1v) is 9.06. The van der Waals surface area contributed by atoms with Gasteiger partial charge in [-0.25, -0.2) is 4.98 Å². The van der Waals surface area contributed by atoms with E-state index in [4.69, 9.17) is 38.0 Å². The molecular weight excluding hydrogens is 456 g/mol. The van der Waals surface area contributed by atoms with Gasteiger partial charge in [0.05, 0.1) is 12.1 Å². The van der Waals surface area contributed by atoms with Crippen LogP contribution in [0, 0.1) is 11.3 Å². The molecule has 2 N–H and O–H groups in total. The number of rotatable bonds is 6. The van der Waals surface area contributed by atoms with E-state index < -0.39 is 27.8 Å². The van der Waals surface area contributed by atoms with Crippen molar-refractivity contribution in [3.05, 3.63) is 50.3 Å². The van der Waals surface area contributed by atoms with Gasteiger partial charge in [-0.15, -0.1) is 0 Å². The third-order valence-corrected chi connectivity index (χ3v) is 4.56. The summed E-state index contributed by atoms with van der Waals surface area (Å²) in [6.45, 7) is 1.40. The maximum absolute atomic E-state index is 12.9. The molecule has 1 amide bonds. The number of anilines is 1.